The number of pyridine rings is 1. The van der Waals surface area contributed by atoms with E-state index in [9.17, 15) is 4.79 Å². The monoisotopic (exact) mass is 323 g/mol. The second-order valence-corrected chi connectivity index (χ2v) is 5.63. The van der Waals surface area contributed by atoms with E-state index in [0.29, 0.717) is 5.56 Å². The van der Waals surface area contributed by atoms with E-state index in [4.69, 9.17) is 23.2 Å². The number of hydrogen-bond acceptors (Lipinski definition) is 3. The molecule has 4 nitrogen and oxygen atoms in total. The molecular weight excluding hydrogens is 309 g/mol. The van der Waals surface area contributed by atoms with Gasteiger partial charge in [0.05, 0.1) is 10.6 Å². The normalized spacial score (nSPS) is 10.7. The number of benzene rings is 1. The molecule has 0 aliphatic heterocycles. The van der Waals surface area contributed by atoms with Crippen molar-refractivity contribution >= 4 is 34.8 Å². The minimum absolute atomic E-state index is 0.228. The van der Waals surface area contributed by atoms with Crippen LogP contribution in [0.4, 0.5) is 5.69 Å². The maximum atomic E-state index is 12.3. The third-order valence-corrected chi connectivity index (χ3v) is 3.33. The zero-order valence-electron chi connectivity index (χ0n) is 11.7. The Morgan fingerprint density at radius 3 is 2.71 bits per heavy atom. The molecule has 0 unspecified atom stereocenters. The zero-order valence-corrected chi connectivity index (χ0v) is 13.2. The summed E-state index contributed by atoms with van der Waals surface area (Å²) >= 11 is 11.8. The number of rotatable bonds is 4. The van der Waals surface area contributed by atoms with Crippen molar-refractivity contribution in [1.29, 1.82) is 0 Å². The molecule has 110 valence electrons. The van der Waals surface area contributed by atoms with Gasteiger partial charge in [-0.1, -0.05) is 41.4 Å². The third kappa shape index (κ3) is 4.17. The first kappa shape index (κ1) is 15.8. The molecule has 1 heterocycles. The van der Waals surface area contributed by atoms with Crippen LogP contribution < -0.4 is 5.32 Å². The van der Waals surface area contributed by atoms with Crippen LogP contribution in [0.2, 0.25) is 10.2 Å². The summed E-state index contributed by atoms with van der Waals surface area (Å²) in [6.07, 6.45) is 1.37. The predicted octanol–water partition coefficient (Wildman–Crippen LogP) is 3.70. The van der Waals surface area contributed by atoms with Gasteiger partial charge in [-0.25, -0.2) is 4.98 Å². The number of nitrogens with one attached hydrogen (secondary N) is 1. The van der Waals surface area contributed by atoms with Gasteiger partial charge >= 0.3 is 0 Å². The van der Waals surface area contributed by atoms with Crippen LogP contribution in [0.3, 0.4) is 0 Å². The molecule has 1 aromatic heterocycles. The van der Waals surface area contributed by atoms with Crippen LogP contribution in [0.15, 0.2) is 36.5 Å². The topological polar surface area (TPSA) is 45.2 Å². The summed E-state index contributed by atoms with van der Waals surface area (Å²) in [7, 11) is 3.94. The lowest BCUT2D eigenvalue weighted by atomic mass is 10.1. The summed E-state index contributed by atoms with van der Waals surface area (Å²) in [4.78, 5) is 18.2. The van der Waals surface area contributed by atoms with Gasteiger partial charge < -0.3 is 10.2 Å². The number of para-hydroxylation sites is 1. The highest BCUT2D eigenvalue weighted by molar-refractivity contribution is 6.35. The molecule has 0 radical (unpaired) electrons. The molecule has 1 aromatic carbocycles. The van der Waals surface area contributed by atoms with Gasteiger partial charge in [0.1, 0.15) is 5.15 Å². The van der Waals surface area contributed by atoms with Crippen LogP contribution in [0.5, 0.6) is 0 Å². The summed E-state index contributed by atoms with van der Waals surface area (Å²) in [6.45, 7) is 0.723. The highest BCUT2D eigenvalue weighted by atomic mass is 35.5. The van der Waals surface area contributed by atoms with E-state index in [1.165, 1.54) is 12.3 Å². The smallest absolute Gasteiger partial charge is 0.257 e. The van der Waals surface area contributed by atoms with Crippen molar-refractivity contribution in [2.45, 2.75) is 6.54 Å². The summed E-state index contributed by atoms with van der Waals surface area (Å²) in [6, 6.07) is 9.08. The van der Waals surface area contributed by atoms with Gasteiger partial charge in [-0.3, -0.25) is 4.79 Å². The molecule has 0 saturated carbocycles. The van der Waals surface area contributed by atoms with Crippen LogP contribution >= 0.6 is 23.2 Å². The fourth-order valence-corrected chi connectivity index (χ4v) is 2.24. The average molecular weight is 324 g/mol. The zero-order chi connectivity index (χ0) is 15.4. The molecule has 2 rings (SSSR count). The molecule has 1 N–H and O–H groups in total. The van der Waals surface area contributed by atoms with Gasteiger partial charge in [-0.15, -0.1) is 0 Å². The quantitative estimate of drug-likeness (QED) is 0.872. The Hall–Kier alpha value is -1.62. The van der Waals surface area contributed by atoms with E-state index in [2.05, 4.69) is 10.3 Å². The third-order valence-electron chi connectivity index (χ3n) is 2.82. The Bertz CT molecular complexity index is 659. The van der Waals surface area contributed by atoms with Crippen molar-refractivity contribution < 1.29 is 4.79 Å². The molecule has 2 aromatic rings. The number of amides is 1. The van der Waals surface area contributed by atoms with Crippen molar-refractivity contribution in [2.24, 2.45) is 0 Å². The summed E-state index contributed by atoms with van der Waals surface area (Å²) in [5, 5.41) is 3.36. The molecular formula is C15H15Cl2N3O. The Morgan fingerprint density at radius 1 is 1.29 bits per heavy atom. The fraction of sp³-hybridized carbons (Fsp3) is 0.200. The predicted molar refractivity (Wildman–Crippen MR) is 86.0 cm³/mol. The van der Waals surface area contributed by atoms with E-state index >= 15 is 0 Å². The van der Waals surface area contributed by atoms with E-state index in [-0.39, 0.29) is 16.1 Å². The molecule has 0 fully saturated rings. The number of hydrogen-bond donors (Lipinski definition) is 1. The first-order valence-corrected chi connectivity index (χ1v) is 7.08. The lowest BCUT2D eigenvalue weighted by Gasteiger charge is -2.15. The molecule has 0 aliphatic rings. The Morgan fingerprint density at radius 2 is 2.00 bits per heavy atom. The molecule has 0 spiro atoms. The molecule has 0 saturated heterocycles. The van der Waals surface area contributed by atoms with Crippen molar-refractivity contribution in [3.05, 3.63) is 57.8 Å². The average Bonchev–Trinajstić information content (AvgIpc) is 2.43. The van der Waals surface area contributed by atoms with Gasteiger partial charge in [0.25, 0.3) is 5.91 Å². The molecule has 0 atom stereocenters. The Kier molecular flexibility index (Phi) is 5.17. The minimum atomic E-state index is -0.310. The first-order chi connectivity index (χ1) is 9.97. The highest BCUT2D eigenvalue weighted by Crippen LogP contribution is 2.22. The first-order valence-electron chi connectivity index (χ1n) is 6.32. The summed E-state index contributed by atoms with van der Waals surface area (Å²) in [5.41, 5.74) is 2.07. The van der Waals surface area contributed by atoms with Crippen LogP contribution in [0.25, 0.3) is 0 Å². The van der Waals surface area contributed by atoms with Gasteiger partial charge in [0, 0.05) is 18.4 Å². The second-order valence-electron chi connectivity index (χ2n) is 4.84. The van der Waals surface area contributed by atoms with Crippen LogP contribution in [-0.2, 0) is 6.54 Å². The van der Waals surface area contributed by atoms with Gasteiger partial charge in [-0.05, 0) is 31.8 Å². The maximum absolute atomic E-state index is 12.3. The number of anilines is 1. The standard InChI is InChI=1S/C15H15Cl2N3O/c1-20(2)9-10-5-3-4-6-13(10)19-15(21)11-7-14(17)18-8-12(11)16/h3-8H,9H2,1-2H3,(H,19,21). The van der Waals surface area contributed by atoms with Crippen molar-refractivity contribution in [3.8, 4) is 0 Å². The van der Waals surface area contributed by atoms with E-state index in [1.807, 2.05) is 43.3 Å². The SMILES string of the molecule is CN(C)Cc1ccccc1NC(=O)c1cc(Cl)ncc1Cl. The lowest BCUT2D eigenvalue weighted by Crippen LogP contribution is -2.17. The minimum Gasteiger partial charge on any atom is -0.322 e. The molecule has 1 amide bonds. The number of aromatic nitrogens is 1. The number of carbonyl (C=O) groups is 1. The van der Waals surface area contributed by atoms with Gasteiger partial charge in [0.15, 0.2) is 0 Å². The van der Waals surface area contributed by atoms with Crippen molar-refractivity contribution in [3.63, 3.8) is 0 Å². The fourth-order valence-electron chi connectivity index (χ4n) is 1.90. The van der Waals surface area contributed by atoms with Crippen molar-refractivity contribution in [1.82, 2.24) is 9.88 Å². The maximum Gasteiger partial charge on any atom is 0.257 e. The molecule has 21 heavy (non-hydrogen) atoms. The largest absolute Gasteiger partial charge is 0.322 e. The number of halogens is 2. The molecule has 6 heteroatoms. The summed E-state index contributed by atoms with van der Waals surface area (Å²) in [5.74, 6) is -0.310. The number of nitrogens with zero attached hydrogens (tertiary/aromatic N) is 2. The van der Waals surface area contributed by atoms with E-state index in [1.54, 1.807) is 0 Å². The Balaban J connectivity index is 2.25. The summed E-state index contributed by atoms with van der Waals surface area (Å²) < 4.78 is 0. The second kappa shape index (κ2) is 6.89. The van der Waals surface area contributed by atoms with Gasteiger partial charge in [0.2, 0.25) is 0 Å². The number of carbonyl (C=O) groups excluding carboxylic acids is 1. The van der Waals surface area contributed by atoms with Crippen LogP contribution in [-0.4, -0.2) is 29.9 Å². The lowest BCUT2D eigenvalue weighted by molar-refractivity contribution is 0.102. The van der Waals surface area contributed by atoms with E-state index in [0.717, 1.165) is 17.8 Å². The van der Waals surface area contributed by atoms with E-state index < -0.39 is 0 Å². The molecule has 0 bridgehead atoms. The Labute approximate surface area is 133 Å². The highest BCUT2D eigenvalue weighted by Gasteiger charge is 2.13. The van der Waals surface area contributed by atoms with Crippen molar-refractivity contribution in [2.75, 3.05) is 19.4 Å². The van der Waals surface area contributed by atoms with Crippen LogP contribution in [0, 0.1) is 0 Å². The van der Waals surface area contributed by atoms with Crippen LogP contribution in [0.1, 0.15) is 15.9 Å². The molecule has 0 aliphatic carbocycles. The van der Waals surface area contributed by atoms with Gasteiger partial charge in [-0.2, -0.15) is 0 Å².